The van der Waals surface area contributed by atoms with E-state index in [9.17, 15) is 13.9 Å². The summed E-state index contributed by atoms with van der Waals surface area (Å²) in [5.41, 5.74) is 0.111. The van der Waals surface area contributed by atoms with Crippen LogP contribution < -0.4 is 0 Å². The van der Waals surface area contributed by atoms with Crippen LogP contribution in [-0.2, 0) is 6.54 Å². The number of aromatic amines is 1. The summed E-state index contributed by atoms with van der Waals surface area (Å²) in [4.78, 5) is 11.1. The van der Waals surface area contributed by atoms with Crippen molar-refractivity contribution in [1.29, 1.82) is 0 Å². The van der Waals surface area contributed by atoms with Crippen molar-refractivity contribution in [3.63, 3.8) is 0 Å². The first-order chi connectivity index (χ1) is 13.1. The van der Waals surface area contributed by atoms with Crippen molar-refractivity contribution >= 4 is 0 Å². The fraction of sp³-hybridized carbons (Fsp3) is 0.200. The standard InChI is InChI=1S/C13H12F2N6O.C2H3N3/c14-9-1-2-10(11(15)3-9)13(21-8-17-6-19-21)12(22)4-20-7-16-5-18-20;1-3-2-5-4-1/h1-3,5-8,12-13,22H,4H2;1-2H,(H,3,4,5). The number of halogens is 2. The maximum Gasteiger partial charge on any atom is 0.137 e. The lowest BCUT2D eigenvalue weighted by molar-refractivity contribution is 0.100. The Hall–Kier alpha value is -3.54. The molecule has 0 amide bonds. The molecule has 3 heterocycles. The summed E-state index contributed by atoms with van der Waals surface area (Å²) in [6.07, 6.45) is 7.29. The first-order valence-corrected chi connectivity index (χ1v) is 7.73. The van der Waals surface area contributed by atoms with Crippen LogP contribution in [0.1, 0.15) is 11.6 Å². The van der Waals surface area contributed by atoms with Gasteiger partial charge in [-0.15, -0.1) is 0 Å². The van der Waals surface area contributed by atoms with Gasteiger partial charge in [-0.1, -0.05) is 6.07 Å². The summed E-state index contributed by atoms with van der Waals surface area (Å²) in [5, 5.41) is 24.3. The van der Waals surface area contributed by atoms with Gasteiger partial charge in [-0.25, -0.2) is 28.4 Å². The number of aliphatic hydroxyl groups excluding tert-OH is 1. The third-order valence-electron chi connectivity index (χ3n) is 3.54. The number of rotatable bonds is 5. The van der Waals surface area contributed by atoms with Crippen LogP contribution in [-0.4, -0.2) is 55.9 Å². The van der Waals surface area contributed by atoms with E-state index in [2.05, 4.69) is 35.3 Å². The molecule has 12 heteroatoms. The molecule has 0 aliphatic rings. The van der Waals surface area contributed by atoms with E-state index in [1.807, 2.05) is 0 Å². The largest absolute Gasteiger partial charge is 0.389 e. The quantitative estimate of drug-likeness (QED) is 0.524. The Bertz CT molecular complexity index is 896. The van der Waals surface area contributed by atoms with Crippen LogP contribution in [0.3, 0.4) is 0 Å². The molecule has 3 aromatic heterocycles. The Morgan fingerprint density at radius 3 is 2.41 bits per heavy atom. The van der Waals surface area contributed by atoms with E-state index in [0.717, 1.165) is 12.1 Å². The molecule has 4 rings (SSSR count). The summed E-state index contributed by atoms with van der Waals surface area (Å²) >= 11 is 0. The second-order valence-corrected chi connectivity index (χ2v) is 5.32. The highest BCUT2D eigenvalue weighted by Gasteiger charge is 2.27. The number of aliphatic hydroxyl groups is 1. The van der Waals surface area contributed by atoms with Gasteiger partial charge in [0.2, 0.25) is 0 Å². The molecule has 0 aliphatic heterocycles. The summed E-state index contributed by atoms with van der Waals surface area (Å²) in [7, 11) is 0. The number of nitrogens with one attached hydrogen (secondary N) is 1. The molecule has 0 saturated carbocycles. The monoisotopic (exact) mass is 375 g/mol. The van der Waals surface area contributed by atoms with Crippen LogP contribution in [0.15, 0.2) is 56.2 Å². The molecule has 0 spiro atoms. The van der Waals surface area contributed by atoms with Gasteiger partial charge in [0.15, 0.2) is 0 Å². The molecular formula is C15H15F2N9O. The number of hydrogen-bond acceptors (Lipinski definition) is 7. The first kappa shape index (κ1) is 18.3. The normalized spacial score (nSPS) is 12.9. The number of hydrogen-bond donors (Lipinski definition) is 2. The molecule has 0 saturated heterocycles. The average Bonchev–Trinajstić information content (AvgIpc) is 3.42. The predicted molar refractivity (Wildman–Crippen MR) is 86.9 cm³/mol. The van der Waals surface area contributed by atoms with Gasteiger partial charge in [0.1, 0.15) is 61.7 Å². The van der Waals surface area contributed by atoms with Crippen molar-refractivity contribution in [2.45, 2.75) is 18.7 Å². The van der Waals surface area contributed by atoms with E-state index in [0.29, 0.717) is 0 Å². The van der Waals surface area contributed by atoms with Crippen molar-refractivity contribution in [2.75, 3.05) is 0 Å². The second-order valence-electron chi connectivity index (χ2n) is 5.32. The van der Waals surface area contributed by atoms with Crippen molar-refractivity contribution in [3.8, 4) is 0 Å². The first-order valence-electron chi connectivity index (χ1n) is 7.73. The maximum atomic E-state index is 14.1. The fourth-order valence-corrected chi connectivity index (χ4v) is 2.41. The summed E-state index contributed by atoms with van der Waals surface area (Å²) in [6, 6.07) is 2.31. The lowest BCUT2D eigenvalue weighted by atomic mass is 10.0. The summed E-state index contributed by atoms with van der Waals surface area (Å²) < 4.78 is 29.9. The van der Waals surface area contributed by atoms with Crippen LogP contribution in [0.5, 0.6) is 0 Å². The van der Waals surface area contributed by atoms with Crippen LogP contribution in [0.2, 0.25) is 0 Å². The maximum absolute atomic E-state index is 14.1. The molecule has 2 atom stereocenters. The highest BCUT2D eigenvalue weighted by atomic mass is 19.1. The SMILES string of the molecule is OC(Cn1cncn1)C(c1ccc(F)cc1F)n1cncn1.c1nc[nH]n1. The van der Waals surface area contributed by atoms with Gasteiger partial charge in [0, 0.05) is 11.6 Å². The molecule has 27 heavy (non-hydrogen) atoms. The molecule has 2 unspecified atom stereocenters. The molecule has 0 aliphatic carbocycles. The molecule has 0 bridgehead atoms. The smallest absolute Gasteiger partial charge is 0.137 e. The Kier molecular flexibility index (Phi) is 5.89. The molecule has 1 aromatic carbocycles. The van der Waals surface area contributed by atoms with Gasteiger partial charge in [-0.2, -0.15) is 15.3 Å². The van der Waals surface area contributed by atoms with Crippen LogP contribution in [0.25, 0.3) is 0 Å². The van der Waals surface area contributed by atoms with E-state index >= 15 is 0 Å². The zero-order valence-electron chi connectivity index (χ0n) is 13.8. The van der Waals surface area contributed by atoms with E-state index < -0.39 is 23.8 Å². The summed E-state index contributed by atoms with van der Waals surface area (Å²) in [5.74, 6) is -1.46. The topological polar surface area (TPSA) is 123 Å². The van der Waals surface area contributed by atoms with Crippen LogP contribution in [0, 0.1) is 11.6 Å². The zero-order valence-corrected chi connectivity index (χ0v) is 13.8. The average molecular weight is 375 g/mol. The zero-order chi connectivity index (χ0) is 19.1. The number of H-pyrrole nitrogens is 1. The highest BCUT2D eigenvalue weighted by Crippen LogP contribution is 2.25. The van der Waals surface area contributed by atoms with E-state index in [1.54, 1.807) is 0 Å². The van der Waals surface area contributed by atoms with Crippen LogP contribution in [0.4, 0.5) is 8.78 Å². The van der Waals surface area contributed by atoms with Crippen molar-refractivity contribution in [1.82, 2.24) is 44.7 Å². The Balaban J connectivity index is 0.000000364. The Labute approximate surface area is 151 Å². The molecule has 0 fully saturated rings. The highest BCUT2D eigenvalue weighted by molar-refractivity contribution is 5.23. The van der Waals surface area contributed by atoms with Gasteiger partial charge in [0.25, 0.3) is 0 Å². The van der Waals surface area contributed by atoms with E-state index in [1.165, 1.54) is 53.4 Å². The molecular weight excluding hydrogens is 360 g/mol. The number of benzene rings is 1. The molecule has 140 valence electrons. The van der Waals surface area contributed by atoms with Crippen molar-refractivity contribution in [2.24, 2.45) is 0 Å². The number of nitrogens with zero attached hydrogens (tertiary/aromatic N) is 8. The Morgan fingerprint density at radius 2 is 1.85 bits per heavy atom. The lowest BCUT2D eigenvalue weighted by Crippen LogP contribution is -2.30. The van der Waals surface area contributed by atoms with Gasteiger partial charge in [-0.3, -0.25) is 9.78 Å². The lowest BCUT2D eigenvalue weighted by Gasteiger charge is -2.23. The van der Waals surface area contributed by atoms with E-state index in [4.69, 9.17) is 0 Å². The number of aromatic nitrogens is 9. The van der Waals surface area contributed by atoms with Gasteiger partial charge in [0.05, 0.1) is 6.54 Å². The minimum Gasteiger partial charge on any atom is -0.389 e. The summed E-state index contributed by atoms with van der Waals surface area (Å²) in [6.45, 7) is 0.0708. The van der Waals surface area contributed by atoms with Gasteiger partial charge >= 0.3 is 0 Å². The van der Waals surface area contributed by atoms with Crippen molar-refractivity contribution < 1.29 is 13.9 Å². The fourth-order valence-electron chi connectivity index (χ4n) is 2.41. The van der Waals surface area contributed by atoms with E-state index in [-0.39, 0.29) is 12.1 Å². The predicted octanol–water partition coefficient (Wildman–Crippen LogP) is 0.603. The minimum atomic E-state index is -1.07. The molecule has 4 aromatic rings. The van der Waals surface area contributed by atoms with Gasteiger partial charge in [-0.05, 0) is 6.07 Å². The third-order valence-corrected chi connectivity index (χ3v) is 3.54. The van der Waals surface area contributed by atoms with Crippen molar-refractivity contribution in [3.05, 3.63) is 73.4 Å². The molecule has 2 N–H and O–H groups in total. The van der Waals surface area contributed by atoms with Gasteiger partial charge < -0.3 is 5.11 Å². The Morgan fingerprint density at radius 1 is 1.04 bits per heavy atom. The molecule has 10 nitrogen and oxygen atoms in total. The molecule has 0 radical (unpaired) electrons. The minimum absolute atomic E-state index is 0.0708. The second kappa shape index (κ2) is 8.71. The third kappa shape index (κ3) is 4.76. The van der Waals surface area contributed by atoms with Crippen LogP contribution >= 0.6 is 0 Å².